The predicted octanol–water partition coefficient (Wildman–Crippen LogP) is 2.02. The van der Waals surface area contributed by atoms with Gasteiger partial charge in [0.15, 0.2) is 0 Å². The van der Waals surface area contributed by atoms with Gasteiger partial charge in [0, 0.05) is 17.6 Å². The van der Waals surface area contributed by atoms with E-state index in [1.54, 1.807) is 30.3 Å². The second-order valence-corrected chi connectivity index (χ2v) is 6.96. The Morgan fingerprint density at radius 3 is 2.36 bits per heavy atom. The maximum Gasteiger partial charge on any atom is 0.307 e. The van der Waals surface area contributed by atoms with Crippen LogP contribution in [0.5, 0.6) is 0 Å². The van der Waals surface area contributed by atoms with E-state index in [2.05, 4.69) is 10.6 Å². The molecule has 0 saturated heterocycles. The lowest BCUT2D eigenvalue weighted by Crippen LogP contribution is -2.15. The number of nitrogens with zero attached hydrogens (tertiary/aromatic N) is 1. The van der Waals surface area contributed by atoms with Crippen LogP contribution in [-0.2, 0) is 26.1 Å². The molecule has 0 bridgehead atoms. The first-order chi connectivity index (χ1) is 13.2. The number of amides is 1. The third-order valence-corrected chi connectivity index (χ3v) is 4.30. The zero-order valence-corrected chi connectivity index (χ0v) is 15.1. The Morgan fingerprint density at radius 1 is 1.11 bits per heavy atom. The molecule has 0 atom stereocenters. The fourth-order valence-electron chi connectivity index (χ4n) is 2.13. The lowest BCUT2D eigenvalue weighted by atomic mass is 10.1. The molecule has 9 nitrogen and oxygen atoms in total. The molecule has 0 aliphatic rings. The third kappa shape index (κ3) is 5.94. The molecule has 2 aromatic rings. The van der Waals surface area contributed by atoms with E-state index in [-0.39, 0.29) is 17.7 Å². The molecule has 0 heterocycles. The summed E-state index contributed by atoms with van der Waals surface area (Å²) in [4.78, 5) is 22.4. The standard InChI is InChI=1S/C18H15N3O6S/c19-10-13(11-20-14-6-4-12(5-7-14)8-17(22)23)18(24)21-15-2-1-3-16(9-15)28(25,26)27/h1-7,9,11,20H,8H2,(H,21,24)(H,22,23)(H,25,26,27)/b13-11-. The first-order valence-electron chi connectivity index (χ1n) is 7.75. The van der Waals surface area contributed by atoms with Crippen molar-refractivity contribution >= 4 is 33.4 Å². The maximum absolute atomic E-state index is 12.2. The van der Waals surface area contributed by atoms with Gasteiger partial charge in [-0.05, 0) is 35.9 Å². The van der Waals surface area contributed by atoms with Crippen molar-refractivity contribution in [3.05, 3.63) is 65.9 Å². The summed E-state index contributed by atoms with van der Waals surface area (Å²) in [7, 11) is -4.42. The fourth-order valence-corrected chi connectivity index (χ4v) is 2.66. The van der Waals surface area contributed by atoms with Crippen LogP contribution in [0.15, 0.2) is 65.2 Å². The average molecular weight is 401 g/mol. The lowest BCUT2D eigenvalue weighted by Gasteiger charge is -2.07. The number of benzene rings is 2. The number of aliphatic carboxylic acids is 1. The number of anilines is 2. The molecular weight excluding hydrogens is 386 g/mol. The van der Waals surface area contributed by atoms with Gasteiger partial charge in [-0.15, -0.1) is 0 Å². The molecule has 10 heteroatoms. The van der Waals surface area contributed by atoms with Gasteiger partial charge in [-0.2, -0.15) is 13.7 Å². The third-order valence-electron chi connectivity index (χ3n) is 3.45. The van der Waals surface area contributed by atoms with Crippen LogP contribution >= 0.6 is 0 Å². The smallest absolute Gasteiger partial charge is 0.307 e. The van der Waals surface area contributed by atoms with Gasteiger partial charge in [-0.3, -0.25) is 14.1 Å². The van der Waals surface area contributed by atoms with Crippen molar-refractivity contribution in [1.29, 1.82) is 5.26 Å². The van der Waals surface area contributed by atoms with Crippen LogP contribution in [0, 0.1) is 11.3 Å². The molecule has 0 spiro atoms. The van der Waals surface area contributed by atoms with Crippen LogP contribution in [0.4, 0.5) is 11.4 Å². The highest BCUT2D eigenvalue weighted by Crippen LogP contribution is 2.16. The molecule has 0 radical (unpaired) electrons. The van der Waals surface area contributed by atoms with Gasteiger partial charge in [-0.1, -0.05) is 18.2 Å². The minimum absolute atomic E-state index is 0.0827. The summed E-state index contributed by atoms with van der Waals surface area (Å²) < 4.78 is 31.3. The number of nitrogens with one attached hydrogen (secondary N) is 2. The first kappa shape index (κ1) is 20.6. The maximum atomic E-state index is 12.2. The summed E-state index contributed by atoms with van der Waals surface area (Å²) in [6.07, 6.45) is 1.04. The van der Waals surface area contributed by atoms with Gasteiger partial charge in [0.1, 0.15) is 11.6 Å². The van der Waals surface area contributed by atoms with Gasteiger partial charge in [0.05, 0.1) is 11.3 Å². The summed E-state index contributed by atoms with van der Waals surface area (Å²) in [6, 6.07) is 13.0. The Kier molecular flexibility index (Phi) is 6.49. The van der Waals surface area contributed by atoms with Gasteiger partial charge < -0.3 is 15.7 Å². The Balaban J connectivity index is 2.09. The SMILES string of the molecule is N#C/C(=C/Nc1ccc(CC(=O)O)cc1)C(=O)Nc1cccc(S(=O)(=O)O)c1. The quantitative estimate of drug-likeness (QED) is 0.312. The van der Waals surface area contributed by atoms with E-state index in [1.807, 2.05) is 0 Å². The monoisotopic (exact) mass is 401 g/mol. The molecule has 2 aromatic carbocycles. The zero-order valence-electron chi connectivity index (χ0n) is 14.3. The summed E-state index contributed by atoms with van der Waals surface area (Å²) >= 11 is 0. The van der Waals surface area contributed by atoms with Crippen molar-refractivity contribution in [3.63, 3.8) is 0 Å². The summed E-state index contributed by atoms with van der Waals surface area (Å²) in [5.74, 6) is -1.74. The number of carbonyl (C=O) groups is 2. The normalized spacial score (nSPS) is 11.4. The molecule has 28 heavy (non-hydrogen) atoms. The number of hydrogen-bond donors (Lipinski definition) is 4. The van der Waals surface area contributed by atoms with Gasteiger partial charge >= 0.3 is 5.97 Å². The van der Waals surface area contributed by atoms with Crippen LogP contribution in [0.25, 0.3) is 0 Å². The van der Waals surface area contributed by atoms with Gasteiger partial charge in [0.25, 0.3) is 16.0 Å². The Hall–Kier alpha value is -3.68. The number of carboxylic acid groups (broad SMARTS) is 1. The topological polar surface area (TPSA) is 157 Å². The molecule has 1 amide bonds. The number of nitriles is 1. The molecule has 2 rings (SSSR count). The van der Waals surface area contributed by atoms with Crippen molar-refractivity contribution in [2.24, 2.45) is 0 Å². The van der Waals surface area contributed by atoms with E-state index in [0.29, 0.717) is 11.3 Å². The Bertz CT molecular complexity index is 1070. The molecule has 0 saturated carbocycles. The van der Waals surface area contributed by atoms with Crippen LogP contribution in [0.2, 0.25) is 0 Å². The molecule has 0 fully saturated rings. The zero-order chi connectivity index (χ0) is 20.7. The molecule has 0 unspecified atom stereocenters. The number of carboxylic acids is 1. The highest BCUT2D eigenvalue weighted by Gasteiger charge is 2.13. The first-order valence-corrected chi connectivity index (χ1v) is 9.19. The second-order valence-electron chi connectivity index (χ2n) is 5.54. The molecule has 0 aliphatic carbocycles. The number of rotatable bonds is 7. The molecule has 144 valence electrons. The van der Waals surface area contributed by atoms with Gasteiger partial charge in [-0.25, -0.2) is 0 Å². The molecule has 0 aromatic heterocycles. The molecule has 0 aliphatic heterocycles. The van der Waals surface area contributed by atoms with Crippen molar-refractivity contribution in [2.75, 3.05) is 10.6 Å². The van der Waals surface area contributed by atoms with E-state index in [4.69, 9.17) is 14.9 Å². The number of hydrogen-bond acceptors (Lipinski definition) is 6. The Morgan fingerprint density at radius 2 is 1.79 bits per heavy atom. The van der Waals surface area contributed by atoms with E-state index in [9.17, 15) is 18.0 Å². The second kappa shape index (κ2) is 8.81. The van der Waals surface area contributed by atoms with E-state index < -0.39 is 26.9 Å². The Labute approximate surface area is 160 Å². The van der Waals surface area contributed by atoms with Crippen molar-refractivity contribution in [3.8, 4) is 6.07 Å². The van der Waals surface area contributed by atoms with Crippen molar-refractivity contribution < 1.29 is 27.7 Å². The minimum Gasteiger partial charge on any atom is -0.481 e. The van der Waals surface area contributed by atoms with Crippen molar-refractivity contribution in [2.45, 2.75) is 11.3 Å². The van der Waals surface area contributed by atoms with E-state index in [1.165, 1.54) is 12.1 Å². The summed E-state index contributed by atoms with van der Waals surface area (Å²) in [5, 5.41) is 23.0. The molecule has 4 N–H and O–H groups in total. The number of carbonyl (C=O) groups excluding carboxylic acids is 1. The molecular formula is C18H15N3O6S. The van der Waals surface area contributed by atoms with Crippen LogP contribution in [0.1, 0.15) is 5.56 Å². The van der Waals surface area contributed by atoms with Crippen LogP contribution in [0.3, 0.4) is 0 Å². The van der Waals surface area contributed by atoms with E-state index in [0.717, 1.165) is 18.3 Å². The van der Waals surface area contributed by atoms with Gasteiger partial charge in [0.2, 0.25) is 0 Å². The average Bonchev–Trinajstić information content (AvgIpc) is 2.62. The summed E-state index contributed by atoms with van der Waals surface area (Å²) in [5.41, 5.74) is 0.924. The largest absolute Gasteiger partial charge is 0.481 e. The highest BCUT2D eigenvalue weighted by atomic mass is 32.2. The van der Waals surface area contributed by atoms with E-state index >= 15 is 0 Å². The minimum atomic E-state index is -4.42. The highest BCUT2D eigenvalue weighted by molar-refractivity contribution is 7.85. The van der Waals surface area contributed by atoms with Crippen molar-refractivity contribution in [1.82, 2.24) is 0 Å². The fraction of sp³-hybridized carbons (Fsp3) is 0.0556. The van der Waals surface area contributed by atoms with Crippen LogP contribution < -0.4 is 10.6 Å². The predicted molar refractivity (Wildman–Crippen MR) is 100.0 cm³/mol. The van der Waals surface area contributed by atoms with Crippen LogP contribution in [-0.4, -0.2) is 30.0 Å². The lowest BCUT2D eigenvalue weighted by molar-refractivity contribution is -0.136. The summed E-state index contributed by atoms with van der Waals surface area (Å²) in [6.45, 7) is 0.